The highest BCUT2D eigenvalue weighted by atomic mass is 16.5. The summed E-state index contributed by atoms with van der Waals surface area (Å²) < 4.78 is 5.22. The molecule has 2 aromatic carbocycles. The molecule has 0 radical (unpaired) electrons. The Kier molecular flexibility index (Phi) is 3.79. The summed E-state index contributed by atoms with van der Waals surface area (Å²) in [6.07, 6.45) is 0. The maximum absolute atomic E-state index is 11.3. The number of hydrogen-bond acceptors (Lipinski definition) is 2. The van der Waals surface area contributed by atoms with E-state index in [4.69, 9.17) is 4.74 Å². The van der Waals surface area contributed by atoms with Gasteiger partial charge in [0.2, 0.25) is 0 Å². The highest BCUT2D eigenvalue weighted by Gasteiger charge is 2.29. The third-order valence-electron chi connectivity index (χ3n) is 3.52. The lowest BCUT2D eigenvalue weighted by Crippen LogP contribution is -2.28. The molecule has 1 N–H and O–H groups in total. The standard InChI is InChI=1S/C17H18O3/c1-17(2,16(18)19)14-8-4-6-12(10-14)13-7-5-9-15(11-13)20-3/h4-11H,1-3H3,(H,18,19). The molecule has 0 fully saturated rings. The van der Waals surface area contributed by atoms with Crippen LogP contribution < -0.4 is 4.74 Å². The number of carboxylic acid groups (broad SMARTS) is 1. The number of hydrogen-bond donors (Lipinski definition) is 1. The van der Waals surface area contributed by atoms with Crippen LogP contribution in [0.4, 0.5) is 0 Å². The molecule has 0 saturated carbocycles. The second kappa shape index (κ2) is 5.37. The van der Waals surface area contributed by atoms with Crippen LogP contribution in [0, 0.1) is 0 Å². The van der Waals surface area contributed by atoms with Gasteiger partial charge in [0.1, 0.15) is 5.75 Å². The Hall–Kier alpha value is -2.29. The predicted molar refractivity (Wildman–Crippen MR) is 79.1 cm³/mol. The van der Waals surface area contributed by atoms with E-state index < -0.39 is 11.4 Å². The highest BCUT2D eigenvalue weighted by molar-refractivity contribution is 5.81. The van der Waals surface area contributed by atoms with E-state index in [1.165, 1.54) is 0 Å². The van der Waals surface area contributed by atoms with Crippen LogP contribution in [0.15, 0.2) is 48.5 Å². The Morgan fingerprint density at radius 1 is 1.05 bits per heavy atom. The molecule has 104 valence electrons. The number of rotatable bonds is 4. The molecule has 0 aliphatic rings. The van der Waals surface area contributed by atoms with E-state index in [9.17, 15) is 9.90 Å². The number of carboxylic acids is 1. The molecule has 2 aromatic rings. The SMILES string of the molecule is COc1cccc(-c2cccc(C(C)(C)C(=O)O)c2)c1. The van der Waals surface area contributed by atoms with Crippen LogP contribution in [-0.2, 0) is 10.2 Å². The van der Waals surface area contributed by atoms with Gasteiger partial charge in [0.05, 0.1) is 12.5 Å². The van der Waals surface area contributed by atoms with Crippen molar-refractivity contribution in [1.82, 2.24) is 0 Å². The summed E-state index contributed by atoms with van der Waals surface area (Å²) in [5, 5.41) is 9.32. The second-order valence-corrected chi connectivity index (χ2v) is 5.24. The Labute approximate surface area is 118 Å². The van der Waals surface area contributed by atoms with Crippen molar-refractivity contribution in [2.24, 2.45) is 0 Å². The van der Waals surface area contributed by atoms with Crippen molar-refractivity contribution in [3.63, 3.8) is 0 Å². The van der Waals surface area contributed by atoms with Crippen LogP contribution in [-0.4, -0.2) is 18.2 Å². The van der Waals surface area contributed by atoms with E-state index in [1.54, 1.807) is 21.0 Å². The Balaban J connectivity index is 2.46. The highest BCUT2D eigenvalue weighted by Crippen LogP contribution is 2.29. The molecule has 0 bridgehead atoms. The third kappa shape index (κ3) is 2.67. The van der Waals surface area contributed by atoms with Gasteiger partial charge in [-0.15, -0.1) is 0 Å². The zero-order chi connectivity index (χ0) is 14.8. The molecule has 0 aromatic heterocycles. The molecule has 3 nitrogen and oxygen atoms in total. The zero-order valence-corrected chi connectivity index (χ0v) is 11.9. The van der Waals surface area contributed by atoms with Crippen LogP contribution in [0.25, 0.3) is 11.1 Å². The van der Waals surface area contributed by atoms with Crippen LogP contribution in [0.5, 0.6) is 5.75 Å². The largest absolute Gasteiger partial charge is 0.497 e. The zero-order valence-electron chi connectivity index (χ0n) is 11.9. The van der Waals surface area contributed by atoms with Gasteiger partial charge in [0, 0.05) is 0 Å². The van der Waals surface area contributed by atoms with Gasteiger partial charge in [-0.05, 0) is 42.7 Å². The van der Waals surface area contributed by atoms with E-state index in [2.05, 4.69) is 0 Å². The van der Waals surface area contributed by atoms with Crippen LogP contribution in [0.1, 0.15) is 19.4 Å². The maximum Gasteiger partial charge on any atom is 0.313 e. The van der Waals surface area contributed by atoms with Crippen molar-refractivity contribution >= 4 is 5.97 Å². The van der Waals surface area contributed by atoms with Crippen molar-refractivity contribution in [1.29, 1.82) is 0 Å². The van der Waals surface area contributed by atoms with Crippen LogP contribution in [0.2, 0.25) is 0 Å². The molecule has 0 unspecified atom stereocenters. The van der Waals surface area contributed by atoms with E-state index in [1.807, 2.05) is 48.5 Å². The molecule has 0 spiro atoms. The van der Waals surface area contributed by atoms with Crippen LogP contribution >= 0.6 is 0 Å². The first-order chi connectivity index (χ1) is 9.45. The lowest BCUT2D eigenvalue weighted by Gasteiger charge is -2.20. The Morgan fingerprint density at radius 3 is 2.25 bits per heavy atom. The molecule has 20 heavy (non-hydrogen) atoms. The number of aliphatic carboxylic acids is 1. The molecular weight excluding hydrogens is 252 g/mol. The lowest BCUT2D eigenvalue weighted by molar-refractivity contribution is -0.142. The molecule has 0 aliphatic heterocycles. The Morgan fingerprint density at radius 2 is 1.65 bits per heavy atom. The minimum atomic E-state index is -0.908. The van der Waals surface area contributed by atoms with Crippen LogP contribution in [0.3, 0.4) is 0 Å². The molecule has 0 saturated heterocycles. The molecule has 0 atom stereocenters. The maximum atomic E-state index is 11.3. The topological polar surface area (TPSA) is 46.5 Å². The van der Waals surface area contributed by atoms with Gasteiger partial charge in [-0.25, -0.2) is 0 Å². The second-order valence-electron chi connectivity index (χ2n) is 5.24. The van der Waals surface area contributed by atoms with Gasteiger partial charge < -0.3 is 9.84 Å². The normalized spacial score (nSPS) is 11.2. The first-order valence-corrected chi connectivity index (χ1v) is 6.43. The number of carbonyl (C=O) groups is 1. The third-order valence-corrected chi connectivity index (χ3v) is 3.52. The van der Waals surface area contributed by atoms with Gasteiger partial charge in [0.15, 0.2) is 0 Å². The first-order valence-electron chi connectivity index (χ1n) is 6.43. The summed E-state index contributed by atoms with van der Waals surface area (Å²) >= 11 is 0. The minimum Gasteiger partial charge on any atom is -0.497 e. The summed E-state index contributed by atoms with van der Waals surface area (Å²) in [4.78, 5) is 11.3. The van der Waals surface area contributed by atoms with Crippen molar-refractivity contribution < 1.29 is 14.6 Å². The predicted octanol–water partition coefficient (Wildman–Crippen LogP) is 3.72. The number of ether oxygens (including phenoxy) is 1. The van der Waals surface area contributed by atoms with Gasteiger partial charge in [0.25, 0.3) is 0 Å². The van der Waals surface area contributed by atoms with Gasteiger partial charge >= 0.3 is 5.97 Å². The average molecular weight is 270 g/mol. The minimum absolute atomic E-state index is 0.783. The molecule has 3 heteroatoms. The molecule has 2 rings (SSSR count). The molecule has 0 aliphatic carbocycles. The number of benzene rings is 2. The smallest absolute Gasteiger partial charge is 0.313 e. The summed E-state index contributed by atoms with van der Waals surface area (Å²) in [5.41, 5.74) is 1.86. The van der Waals surface area contributed by atoms with Crippen molar-refractivity contribution in [2.75, 3.05) is 7.11 Å². The van der Waals surface area contributed by atoms with E-state index in [0.29, 0.717) is 0 Å². The molecule has 0 heterocycles. The van der Waals surface area contributed by atoms with Gasteiger partial charge in [-0.1, -0.05) is 36.4 Å². The first kappa shape index (κ1) is 14.1. The summed E-state index contributed by atoms with van der Waals surface area (Å²) in [7, 11) is 1.63. The van der Waals surface area contributed by atoms with E-state index >= 15 is 0 Å². The van der Waals surface area contributed by atoms with Crippen molar-refractivity contribution in [2.45, 2.75) is 19.3 Å². The summed E-state index contributed by atoms with van der Waals surface area (Å²) in [6.45, 7) is 3.42. The molecule has 0 amide bonds. The van der Waals surface area contributed by atoms with Gasteiger partial charge in [-0.2, -0.15) is 0 Å². The fraction of sp³-hybridized carbons (Fsp3) is 0.235. The average Bonchev–Trinajstić information content (AvgIpc) is 2.47. The monoisotopic (exact) mass is 270 g/mol. The molecular formula is C17H18O3. The van der Waals surface area contributed by atoms with Gasteiger partial charge in [-0.3, -0.25) is 4.79 Å². The lowest BCUT2D eigenvalue weighted by atomic mass is 9.83. The van der Waals surface area contributed by atoms with E-state index in [0.717, 1.165) is 22.4 Å². The van der Waals surface area contributed by atoms with Crippen molar-refractivity contribution in [3.8, 4) is 16.9 Å². The summed E-state index contributed by atoms with van der Waals surface area (Å²) in [5.74, 6) is -0.0503. The fourth-order valence-corrected chi connectivity index (χ4v) is 2.01. The van der Waals surface area contributed by atoms with Crippen molar-refractivity contribution in [3.05, 3.63) is 54.1 Å². The summed E-state index contributed by atoms with van der Waals surface area (Å²) in [6, 6.07) is 15.3. The fourth-order valence-electron chi connectivity index (χ4n) is 2.01. The quantitative estimate of drug-likeness (QED) is 0.921. The number of methoxy groups -OCH3 is 1. The van der Waals surface area contributed by atoms with E-state index in [-0.39, 0.29) is 0 Å². The Bertz CT molecular complexity index is 630.